The number of rotatable bonds is 2. The number of piperidine rings is 1. The number of benzene rings is 1. The second-order valence-corrected chi connectivity index (χ2v) is 3.94. The first kappa shape index (κ1) is 7.82. The van der Waals surface area contributed by atoms with Gasteiger partial charge in [0.25, 0.3) is 5.91 Å². The first-order valence-electron chi connectivity index (χ1n) is 9.59. The summed E-state index contributed by atoms with van der Waals surface area (Å²) in [5, 5.41) is 9.24. The van der Waals surface area contributed by atoms with Crippen molar-refractivity contribution in [2.75, 3.05) is 13.0 Å². The van der Waals surface area contributed by atoms with E-state index in [1.54, 1.807) is 0 Å². The highest BCUT2D eigenvalue weighted by Crippen LogP contribution is 2.29. The Bertz CT molecular complexity index is 846. The maximum Gasteiger partial charge on any atom is 0.416 e. The highest BCUT2D eigenvalue weighted by Gasteiger charge is 2.31. The molecule has 0 radical (unpaired) electrons. The monoisotopic (exact) mass is 309 g/mol. The molecule has 1 aromatic rings. The van der Waals surface area contributed by atoms with Gasteiger partial charge in [0.15, 0.2) is 0 Å². The lowest BCUT2D eigenvalue weighted by Gasteiger charge is -2.30. The van der Waals surface area contributed by atoms with Crippen molar-refractivity contribution < 1.29 is 38.8 Å². The maximum absolute atomic E-state index is 12.7. The van der Waals surface area contributed by atoms with E-state index < -0.39 is 60.8 Å². The molecule has 4 nitrogen and oxygen atoms in total. The lowest BCUT2D eigenvalue weighted by Crippen LogP contribution is -2.40. The van der Waals surface area contributed by atoms with Gasteiger partial charge in [-0.3, -0.25) is 9.59 Å². The smallest absolute Gasteiger partial charge is 0.416 e. The van der Waals surface area contributed by atoms with Crippen LogP contribution in [0.1, 0.15) is 39.6 Å². The third-order valence-electron chi connectivity index (χ3n) is 2.53. The SMILES string of the molecule is [2H]C1N(C(=O)c2ccc(C(F)(F)F)cc2)C([2H])([2H])C([2H])([2H])C([2H])(C(=O)O)C1([2H])[2H]. The summed E-state index contributed by atoms with van der Waals surface area (Å²) >= 11 is 0. The van der Waals surface area contributed by atoms with Crippen molar-refractivity contribution in [3.05, 3.63) is 35.4 Å². The van der Waals surface area contributed by atoms with Gasteiger partial charge in [-0.2, -0.15) is 13.2 Å². The van der Waals surface area contributed by atoms with Crippen LogP contribution in [0.5, 0.6) is 0 Å². The third kappa shape index (κ3) is 3.53. The van der Waals surface area contributed by atoms with Crippen LogP contribution in [0.4, 0.5) is 13.2 Å². The molecule has 21 heavy (non-hydrogen) atoms. The van der Waals surface area contributed by atoms with Gasteiger partial charge in [-0.15, -0.1) is 0 Å². The highest BCUT2D eigenvalue weighted by atomic mass is 19.4. The van der Waals surface area contributed by atoms with Gasteiger partial charge in [0.05, 0.1) is 11.5 Å². The van der Waals surface area contributed by atoms with E-state index in [-0.39, 0.29) is 4.90 Å². The van der Waals surface area contributed by atoms with Crippen molar-refractivity contribution in [3.8, 4) is 0 Å². The number of carboxylic acids is 1. The van der Waals surface area contributed by atoms with E-state index in [4.69, 9.17) is 11.0 Å². The summed E-state index contributed by atoms with van der Waals surface area (Å²) in [6.45, 7) is -6.35. The minimum atomic E-state index is -4.74. The molecule has 7 heteroatoms. The molecule has 114 valence electrons. The zero-order chi connectivity index (χ0) is 22.8. The Hall–Kier alpha value is -2.05. The van der Waals surface area contributed by atoms with E-state index >= 15 is 0 Å². The molecule has 1 aliphatic heterocycles. The summed E-state index contributed by atoms with van der Waals surface area (Å²) in [5.74, 6) is -7.72. The molecular weight excluding hydrogens is 287 g/mol. The topological polar surface area (TPSA) is 57.6 Å². The predicted molar refractivity (Wildman–Crippen MR) is 67.7 cm³/mol. The molecule has 1 fully saturated rings. The Morgan fingerprint density at radius 3 is 2.43 bits per heavy atom. The van der Waals surface area contributed by atoms with Crippen molar-refractivity contribution >= 4 is 11.9 Å². The van der Waals surface area contributed by atoms with Gasteiger partial charge in [0, 0.05) is 29.5 Å². The van der Waals surface area contributed by atoms with Gasteiger partial charge in [-0.25, -0.2) is 0 Å². The van der Waals surface area contributed by atoms with Crippen LogP contribution in [-0.4, -0.2) is 34.9 Å². The molecule has 0 aromatic heterocycles. The average molecular weight is 309 g/mol. The average Bonchev–Trinajstić information content (AvgIpc) is 2.58. The Kier molecular flexibility index (Phi) is 2.14. The second kappa shape index (κ2) is 5.75. The molecule has 2 unspecified atom stereocenters. The van der Waals surface area contributed by atoms with Gasteiger partial charge in [-0.05, 0) is 37.0 Å². The highest BCUT2D eigenvalue weighted by molar-refractivity contribution is 5.94. The number of carboxylic acid groups (broad SMARTS) is 1. The van der Waals surface area contributed by atoms with E-state index in [1.165, 1.54) is 0 Å². The minimum Gasteiger partial charge on any atom is -0.481 e. The van der Waals surface area contributed by atoms with E-state index in [9.17, 15) is 27.9 Å². The molecule has 1 saturated heterocycles. The van der Waals surface area contributed by atoms with Crippen LogP contribution in [0.15, 0.2) is 24.3 Å². The summed E-state index contributed by atoms with van der Waals surface area (Å²) in [7, 11) is 0. The Labute approximate surface area is 130 Å². The zero-order valence-electron chi connectivity index (χ0n) is 18.2. The lowest BCUT2D eigenvalue weighted by molar-refractivity contribution is -0.143. The number of halogens is 3. The number of nitrogens with zero attached hydrogens (tertiary/aromatic N) is 1. The number of hydrogen-bond donors (Lipinski definition) is 1. The zero-order valence-corrected chi connectivity index (χ0v) is 10.2. The van der Waals surface area contributed by atoms with Crippen LogP contribution in [0.25, 0.3) is 0 Å². The number of carbonyl (C=O) groups excluding carboxylic acids is 1. The van der Waals surface area contributed by atoms with Crippen LogP contribution >= 0.6 is 0 Å². The van der Waals surface area contributed by atoms with Crippen LogP contribution in [-0.2, 0) is 11.0 Å². The summed E-state index contributed by atoms with van der Waals surface area (Å²) in [5.41, 5.74) is -1.75. The second-order valence-electron chi connectivity index (χ2n) is 3.94. The number of aliphatic carboxylic acids is 1. The molecule has 2 atom stereocenters. The minimum absolute atomic E-state index is 0.231. The number of hydrogen-bond acceptors (Lipinski definition) is 2. The standard InChI is InChI=1S/C14H14F3NO3/c15-14(16,17)11-3-1-9(2-4-11)12(19)18-7-5-10(6-8-18)13(20)21/h1-4,10H,5-8H2,(H,20,21)/i5D2,6D2,7D,8D2,10D. The number of amides is 1. The molecule has 1 amide bonds. The fourth-order valence-electron chi connectivity index (χ4n) is 1.48. The number of likely N-dealkylation sites (tertiary alicyclic amines) is 1. The Balaban J connectivity index is 2.61. The van der Waals surface area contributed by atoms with Crippen LogP contribution < -0.4 is 0 Å². The van der Waals surface area contributed by atoms with Crippen molar-refractivity contribution in [2.45, 2.75) is 18.9 Å². The molecule has 0 saturated carbocycles. The van der Waals surface area contributed by atoms with Crippen molar-refractivity contribution in [2.24, 2.45) is 5.89 Å². The van der Waals surface area contributed by atoms with Crippen molar-refractivity contribution in [1.29, 1.82) is 0 Å². The Morgan fingerprint density at radius 1 is 1.29 bits per heavy atom. The summed E-state index contributed by atoms with van der Waals surface area (Å²) in [6.07, 6.45) is -12.2. The summed E-state index contributed by atoms with van der Waals surface area (Å²) in [4.78, 5) is 23.9. The van der Waals surface area contributed by atoms with Crippen LogP contribution in [0, 0.1) is 5.89 Å². The third-order valence-corrected chi connectivity index (χ3v) is 2.53. The van der Waals surface area contributed by atoms with E-state index in [1.807, 2.05) is 0 Å². The summed E-state index contributed by atoms with van der Waals surface area (Å²) in [6, 6.07) is 2.25. The lowest BCUT2D eigenvalue weighted by atomic mass is 9.96. The largest absolute Gasteiger partial charge is 0.481 e. The molecule has 0 spiro atoms. The Morgan fingerprint density at radius 2 is 1.90 bits per heavy atom. The van der Waals surface area contributed by atoms with E-state index in [0.29, 0.717) is 24.3 Å². The van der Waals surface area contributed by atoms with Gasteiger partial charge < -0.3 is 10.0 Å². The van der Waals surface area contributed by atoms with E-state index in [0.717, 1.165) is 0 Å². The molecule has 1 aromatic carbocycles. The van der Waals surface area contributed by atoms with Gasteiger partial charge >= 0.3 is 12.1 Å². The molecule has 1 aliphatic rings. The maximum atomic E-state index is 12.7. The molecular formula is C14H14F3NO3. The first-order chi connectivity index (χ1) is 12.8. The fraction of sp³-hybridized carbons (Fsp3) is 0.429. The number of carbonyl (C=O) groups is 2. The molecule has 0 bridgehead atoms. The van der Waals surface area contributed by atoms with Crippen molar-refractivity contribution in [3.63, 3.8) is 0 Å². The molecule has 0 aliphatic carbocycles. The molecule has 1 heterocycles. The van der Waals surface area contributed by atoms with E-state index in [2.05, 4.69) is 0 Å². The number of alkyl halides is 3. The van der Waals surface area contributed by atoms with Crippen LogP contribution in [0.3, 0.4) is 0 Å². The van der Waals surface area contributed by atoms with Gasteiger partial charge in [-0.1, -0.05) is 0 Å². The van der Waals surface area contributed by atoms with Gasteiger partial charge in [0.1, 0.15) is 0 Å². The summed E-state index contributed by atoms with van der Waals surface area (Å²) < 4.78 is 101. The molecule has 2 rings (SSSR count). The fourth-order valence-corrected chi connectivity index (χ4v) is 1.48. The molecule has 1 N–H and O–H groups in total. The quantitative estimate of drug-likeness (QED) is 0.913. The van der Waals surface area contributed by atoms with Crippen molar-refractivity contribution in [1.82, 2.24) is 4.90 Å². The normalized spacial score (nSPS) is 39.2. The van der Waals surface area contributed by atoms with Crippen LogP contribution in [0.2, 0.25) is 0 Å². The van der Waals surface area contributed by atoms with Gasteiger partial charge in [0.2, 0.25) is 0 Å². The first-order valence-corrected chi connectivity index (χ1v) is 5.51. The predicted octanol–water partition coefficient (Wildman–Crippen LogP) is 2.64.